The van der Waals surface area contributed by atoms with Crippen molar-refractivity contribution in [3.05, 3.63) is 16.5 Å². The number of ether oxygens (including phenoxy) is 1. The summed E-state index contributed by atoms with van der Waals surface area (Å²) >= 11 is 1.33. The first-order valence-corrected chi connectivity index (χ1v) is 8.99. The van der Waals surface area contributed by atoms with Gasteiger partial charge in [-0.25, -0.2) is 13.1 Å². The summed E-state index contributed by atoms with van der Waals surface area (Å²) in [6.07, 6.45) is 0. The number of rotatable bonds is 9. The highest BCUT2D eigenvalue weighted by atomic mass is 32.2. The van der Waals surface area contributed by atoms with Crippen LogP contribution in [0.15, 0.2) is 10.3 Å². The van der Waals surface area contributed by atoms with Crippen molar-refractivity contribution in [3.8, 4) is 0 Å². The maximum absolute atomic E-state index is 12.2. The number of thiophene rings is 1. The minimum Gasteiger partial charge on any atom is -0.384 e. The van der Waals surface area contributed by atoms with Crippen LogP contribution in [-0.4, -0.2) is 35.2 Å². The van der Waals surface area contributed by atoms with Gasteiger partial charge in [0.2, 0.25) is 10.0 Å². The second kappa shape index (κ2) is 8.09. The highest BCUT2D eigenvalue weighted by Gasteiger charge is 2.19. The molecule has 1 heterocycles. The second-order valence-corrected chi connectivity index (χ2v) is 7.99. The second-order valence-electron chi connectivity index (χ2n) is 4.86. The molecule has 0 aliphatic heterocycles. The van der Waals surface area contributed by atoms with Gasteiger partial charge in [0.15, 0.2) is 0 Å². The van der Waals surface area contributed by atoms with Crippen LogP contribution in [0.3, 0.4) is 0 Å². The van der Waals surface area contributed by atoms with Crippen LogP contribution in [0.25, 0.3) is 0 Å². The molecule has 1 atom stereocenters. The van der Waals surface area contributed by atoms with Crippen LogP contribution < -0.4 is 10.0 Å². The van der Waals surface area contributed by atoms with Crippen LogP contribution in [0.2, 0.25) is 0 Å². The van der Waals surface area contributed by atoms with Crippen LogP contribution in [0.5, 0.6) is 0 Å². The molecule has 0 bridgehead atoms. The lowest BCUT2D eigenvalue weighted by Crippen LogP contribution is -2.29. The predicted octanol–water partition coefficient (Wildman–Crippen LogP) is 1.73. The summed E-state index contributed by atoms with van der Waals surface area (Å²) in [6.45, 7) is 8.42. The number of aryl methyl sites for hydroxylation is 1. The quantitative estimate of drug-likeness (QED) is 0.727. The van der Waals surface area contributed by atoms with Gasteiger partial charge in [0, 0.05) is 31.7 Å². The van der Waals surface area contributed by atoms with Gasteiger partial charge < -0.3 is 10.1 Å². The van der Waals surface area contributed by atoms with E-state index in [1.165, 1.54) is 11.3 Å². The smallest absolute Gasteiger partial charge is 0.250 e. The molecule has 1 aromatic rings. The van der Waals surface area contributed by atoms with Gasteiger partial charge in [0.05, 0.1) is 0 Å². The van der Waals surface area contributed by atoms with E-state index in [-0.39, 0.29) is 5.92 Å². The summed E-state index contributed by atoms with van der Waals surface area (Å²) in [5.41, 5.74) is 1.02. The van der Waals surface area contributed by atoms with Crippen molar-refractivity contribution in [3.63, 3.8) is 0 Å². The summed E-state index contributed by atoms with van der Waals surface area (Å²) in [7, 11) is -1.80. The molecule has 0 amide bonds. The molecule has 116 valence electrons. The van der Waals surface area contributed by atoms with Crippen LogP contribution in [0.1, 0.15) is 24.3 Å². The molecule has 0 aromatic carbocycles. The lowest BCUT2D eigenvalue weighted by atomic mass is 10.2. The molecule has 1 rings (SSSR count). The number of methoxy groups -OCH3 is 1. The van der Waals surface area contributed by atoms with E-state index in [1.54, 1.807) is 13.2 Å². The Morgan fingerprint density at radius 3 is 2.75 bits per heavy atom. The molecule has 0 spiro atoms. The van der Waals surface area contributed by atoms with Crippen molar-refractivity contribution in [1.29, 1.82) is 0 Å². The van der Waals surface area contributed by atoms with Crippen molar-refractivity contribution in [2.45, 2.75) is 31.5 Å². The highest BCUT2D eigenvalue weighted by molar-refractivity contribution is 7.91. The topological polar surface area (TPSA) is 67.4 Å². The predicted molar refractivity (Wildman–Crippen MR) is 82.7 cm³/mol. The third kappa shape index (κ3) is 5.14. The fourth-order valence-corrected chi connectivity index (χ4v) is 4.47. The molecular formula is C13H24N2O3S2. The SMILES string of the molecule is CCNCc1sc(S(=O)(=O)NCC(C)COC)cc1C. The van der Waals surface area contributed by atoms with Crippen LogP contribution in [0, 0.1) is 12.8 Å². The van der Waals surface area contributed by atoms with E-state index >= 15 is 0 Å². The largest absolute Gasteiger partial charge is 0.384 e. The Kier molecular flexibility index (Phi) is 7.11. The third-order valence-corrected chi connectivity index (χ3v) is 6.01. The van der Waals surface area contributed by atoms with Gasteiger partial charge in [0.1, 0.15) is 4.21 Å². The summed E-state index contributed by atoms with van der Waals surface area (Å²) in [5.74, 6) is 0.150. The molecule has 20 heavy (non-hydrogen) atoms. The first-order valence-electron chi connectivity index (χ1n) is 6.69. The van der Waals surface area contributed by atoms with E-state index in [2.05, 4.69) is 10.0 Å². The molecule has 0 saturated heterocycles. The van der Waals surface area contributed by atoms with Crippen molar-refractivity contribution >= 4 is 21.4 Å². The number of hydrogen-bond donors (Lipinski definition) is 2. The van der Waals surface area contributed by atoms with Crippen molar-refractivity contribution in [1.82, 2.24) is 10.0 Å². The van der Waals surface area contributed by atoms with E-state index in [9.17, 15) is 8.42 Å². The Morgan fingerprint density at radius 2 is 2.15 bits per heavy atom. The molecule has 1 unspecified atom stereocenters. The van der Waals surface area contributed by atoms with E-state index in [0.717, 1.165) is 17.0 Å². The number of nitrogens with one attached hydrogen (secondary N) is 2. The van der Waals surface area contributed by atoms with Crippen LogP contribution in [0.4, 0.5) is 0 Å². The Labute approximate surface area is 125 Å². The first kappa shape index (κ1) is 17.6. The fraction of sp³-hybridized carbons (Fsp3) is 0.692. The zero-order valence-electron chi connectivity index (χ0n) is 12.5. The maximum Gasteiger partial charge on any atom is 0.250 e. The molecule has 1 aromatic heterocycles. The minimum atomic E-state index is -3.42. The first-order chi connectivity index (χ1) is 9.40. The Hall–Kier alpha value is -0.470. The summed E-state index contributed by atoms with van der Waals surface area (Å²) in [4.78, 5) is 1.07. The zero-order chi connectivity index (χ0) is 15.2. The minimum absolute atomic E-state index is 0.150. The molecule has 0 fully saturated rings. The van der Waals surface area contributed by atoms with Gasteiger partial charge in [-0.1, -0.05) is 13.8 Å². The van der Waals surface area contributed by atoms with Gasteiger partial charge >= 0.3 is 0 Å². The molecule has 7 heteroatoms. The summed E-state index contributed by atoms with van der Waals surface area (Å²) in [5, 5.41) is 3.22. The molecule has 2 N–H and O–H groups in total. The van der Waals surface area contributed by atoms with Crippen molar-refractivity contribution in [2.24, 2.45) is 5.92 Å². The lowest BCUT2D eigenvalue weighted by molar-refractivity contribution is 0.161. The standard InChI is InChI=1S/C13H24N2O3S2/c1-5-14-8-12-11(3)6-13(19-12)20(16,17)15-7-10(2)9-18-4/h6,10,14-15H,5,7-9H2,1-4H3. The molecule has 0 aliphatic rings. The van der Waals surface area contributed by atoms with E-state index in [4.69, 9.17) is 4.74 Å². The number of sulfonamides is 1. The zero-order valence-corrected chi connectivity index (χ0v) is 14.2. The Morgan fingerprint density at radius 1 is 1.45 bits per heavy atom. The fourth-order valence-electron chi connectivity index (χ4n) is 1.70. The number of hydrogen-bond acceptors (Lipinski definition) is 5. The highest BCUT2D eigenvalue weighted by Crippen LogP contribution is 2.25. The lowest BCUT2D eigenvalue weighted by Gasteiger charge is -2.10. The summed E-state index contributed by atoms with van der Waals surface area (Å²) < 4.78 is 32.5. The van der Waals surface area contributed by atoms with Gasteiger partial charge in [-0.05, 0) is 31.0 Å². The van der Waals surface area contributed by atoms with Crippen LogP contribution in [-0.2, 0) is 21.3 Å². The van der Waals surface area contributed by atoms with E-state index in [1.807, 2.05) is 20.8 Å². The van der Waals surface area contributed by atoms with Gasteiger partial charge in [-0.15, -0.1) is 11.3 Å². The van der Waals surface area contributed by atoms with Crippen LogP contribution >= 0.6 is 11.3 Å². The normalized spacial score (nSPS) is 13.6. The van der Waals surface area contributed by atoms with Crippen molar-refractivity contribution < 1.29 is 13.2 Å². The van der Waals surface area contributed by atoms with Gasteiger partial charge in [-0.2, -0.15) is 0 Å². The third-order valence-electron chi connectivity index (χ3n) is 2.87. The summed E-state index contributed by atoms with van der Waals surface area (Å²) in [6, 6.07) is 1.74. The Balaban J connectivity index is 2.72. The average Bonchev–Trinajstić information content (AvgIpc) is 2.77. The monoisotopic (exact) mass is 320 g/mol. The molecular weight excluding hydrogens is 296 g/mol. The van der Waals surface area contributed by atoms with Crippen molar-refractivity contribution in [2.75, 3.05) is 26.8 Å². The van der Waals surface area contributed by atoms with E-state index < -0.39 is 10.0 Å². The van der Waals surface area contributed by atoms with Gasteiger partial charge in [0.25, 0.3) is 0 Å². The molecule has 0 saturated carbocycles. The molecule has 5 nitrogen and oxygen atoms in total. The average molecular weight is 320 g/mol. The van der Waals surface area contributed by atoms with Gasteiger partial charge in [-0.3, -0.25) is 0 Å². The Bertz CT molecular complexity index is 512. The molecule has 0 radical (unpaired) electrons. The molecule has 0 aliphatic carbocycles. The van der Waals surface area contributed by atoms with E-state index in [0.29, 0.717) is 23.9 Å². The maximum atomic E-state index is 12.2.